The largest absolute Gasteiger partial charge is 0.390 e. The van der Waals surface area contributed by atoms with E-state index in [1.807, 2.05) is 38.1 Å². The van der Waals surface area contributed by atoms with Gasteiger partial charge in [-0.05, 0) is 57.4 Å². The van der Waals surface area contributed by atoms with Gasteiger partial charge in [0.05, 0.1) is 10.3 Å². The van der Waals surface area contributed by atoms with Gasteiger partial charge in [-0.25, -0.2) is 0 Å². The molecule has 3 fully saturated rings. The van der Waals surface area contributed by atoms with E-state index in [0.717, 1.165) is 24.2 Å². The summed E-state index contributed by atoms with van der Waals surface area (Å²) >= 11 is 7.47. The number of fused-ring (bicyclic) bond motifs is 1. The van der Waals surface area contributed by atoms with Crippen molar-refractivity contribution in [2.45, 2.75) is 54.4 Å². The van der Waals surface area contributed by atoms with Crippen LogP contribution in [0.25, 0.3) is 0 Å². The van der Waals surface area contributed by atoms with Gasteiger partial charge in [-0.1, -0.05) is 23.3 Å². The number of halogens is 1. The Kier molecular flexibility index (Phi) is 3.79. The van der Waals surface area contributed by atoms with Gasteiger partial charge < -0.3 is 10.4 Å². The van der Waals surface area contributed by atoms with E-state index in [2.05, 4.69) is 11.4 Å². The summed E-state index contributed by atoms with van der Waals surface area (Å²) in [7, 11) is 0. The van der Waals surface area contributed by atoms with Gasteiger partial charge in [-0.15, -0.1) is 11.8 Å². The average Bonchev–Trinajstić information content (AvgIpc) is 2.53. The molecule has 2 N–H and O–H groups in total. The van der Waals surface area contributed by atoms with E-state index in [1.165, 1.54) is 5.57 Å². The van der Waals surface area contributed by atoms with Crippen molar-refractivity contribution in [2.24, 2.45) is 11.8 Å². The normalized spacial score (nSPS) is 33.7. The average molecular weight is 364 g/mol. The first-order chi connectivity index (χ1) is 11.3. The molecule has 0 saturated heterocycles. The fraction of sp³-hybridized carbons (Fsp3) is 0.526. The molecule has 6 rings (SSSR count). The molecule has 0 unspecified atom stereocenters. The van der Waals surface area contributed by atoms with Crippen LogP contribution in [-0.2, 0) is 4.79 Å². The SMILES string of the molecule is CC(C)(Sc1ccc(Cl)cc1)C(=O)N[C@@H]1[C@@H]2C[C@]3(O)CC=C2[C@@H]1C3. The van der Waals surface area contributed by atoms with Crippen molar-refractivity contribution in [2.75, 3.05) is 0 Å². The van der Waals surface area contributed by atoms with Crippen molar-refractivity contribution in [3.8, 4) is 0 Å². The molecule has 1 amide bonds. The quantitative estimate of drug-likeness (QED) is 0.632. The Morgan fingerprint density at radius 3 is 2.50 bits per heavy atom. The van der Waals surface area contributed by atoms with E-state index in [4.69, 9.17) is 11.6 Å². The zero-order chi connectivity index (χ0) is 17.1. The van der Waals surface area contributed by atoms with Gasteiger partial charge in [0, 0.05) is 27.8 Å². The smallest absolute Gasteiger partial charge is 0.236 e. The summed E-state index contributed by atoms with van der Waals surface area (Å²) < 4.78 is -0.554. The zero-order valence-corrected chi connectivity index (χ0v) is 15.5. The number of carbonyl (C=O) groups excluding carboxylic acids is 1. The molecule has 0 spiro atoms. The summed E-state index contributed by atoms with van der Waals surface area (Å²) in [5, 5.41) is 14.4. The lowest BCUT2D eigenvalue weighted by Gasteiger charge is -2.60. The second-order valence-electron chi connectivity index (χ2n) is 7.82. The fourth-order valence-corrected chi connectivity index (χ4v) is 5.53. The predicted octanol–water partition coefficient (Wildman–Crippen LogP) is 3.80. The van der Waals surface area contributed by atoms with Crippen molar-refractivity contribution in [3.05, 3.63) is 40.9 Å². The van der Waals surface area contributed by atoms with Crippen LogP contribution in [0.15, 0.2) is 40.8 Å². The molecule has 0 aromatic heterocycles. The van der Waals surface area contributed by atoms with E-state index in [9.17, 15) is 9.90 Å². The van der Waals surface area contributed by atoms with Gasteiger partial charge in [0.1, 0.15) is 0 Å². The maximum atomic E-state index is 12.8. The van der Waals surface area contributed by atoms with Gasteiger partial charge in [-0.2, -0.15) is 0 Å². The van der Waals surface area contributed by atoms with Crippen LogP contribution < -0.4 is 5.32 Å². The molecule has 4 atom stereocenters. The first-order valence-electron chi connectivity index (χ1n) is 8.45. The Bertz CT molecular complexity index is 697. The molecule has 0 radical (unpaired) electrons. The van der Waals surface area contributed by atoms with Gasteiger partial charge >= 0.3 is 0 Å². The van der Waals surface area contributed by atoms with Crippen molar-refractivity contribution in [3.63, 3.8) is 0 Å². The number of hydrogen-bond donors (Lipinski definition) is 2. The van der Waals surface area contributed by atoms with Crippen molar-refractivity contribution >= 4 is 29.3 Å². The molecule has 5 aliphatic carbocycles. The third-order valence-electron chi connectivity index (χ3n) is 5.67. The molecule has 0 aliphatic heterocycles. The number of carbonyl (C=O) groups is 1. The Hall–Kier alpha value is -0.970. The van der Waals surface area contributed by atoms with Gasteiger partial charge in [0.25, 0.3) is 0 Å². The highest BCUT2D eigenvalue weighted by molar-refractivity contribution is 8.01. The van der Waals surface area contributed by atoms with Crippen LogP contribution in [0.3, 0.4) is 0 Å². The third kappa shape index (κ3) is 2.69. The highest BCUT2D eigenvalue weighted by Gasteiger charge is 2.59. The molecule has 3 saturated carbocycles. The second kappa shape index (κ2) is 5.52. The van der Waals surface area contributed by atoms with Crippen molar-refractivity contribution in [1.82, 2.24) is 5.32 Å². The Labute approximate surface area is 151 Å². The summed E-state index contributed by atoms with van der Waals surface area (Å²) in [6, 6.07) is 7.77. The van der Waals surface area contributed by atoms with Crippen LogP contribution in [-0.4, -0.2) is 27.4 Å². The van der Waals surface area contributed by atoms with Crippen LogP contribution in [0.1, 0.15) is 33.1 Å². The maximum Gasteiger partial charge on any atom is 0.236 e. The number of aliphatic hydroxyl groups is 1. The summed E-state index contributed by atoms with van der Waals surface area (Å²) in [5.74, 6) is 0.734. The Morgan fingerprint density at radius 2 is 1.92 bits per heavy atom. The number of amides is 1. The van der Waals surface area contributed by atoms with Crippen LogP contribution in [0.5, 0.6) is 0 Å². The summed E-state index contributed by atoms with van der Waals surface area (Å²) in [6.45, 7) is 3.91. The van der Waals surface area contributed by atoms with E-state index < -0.39 is 10.3 Å². The minimum absolute atomic E-state index is 0.0625. The molecular weight excluding hydrogens is 342 g/mol. The summed E-state index contributed by atoms with van der Waals surface area (Å²) in [6.07, 6.45) is 4.57. The molecular formula is C19H22ClNO2S. The number of thioether (sulfide) groups is 1. The monoisotopic (exact) mass is 363 g/mol. The second-order valence-corrected chi connectivity index (χ2v) is 9.95. The number of benzene rings is 1. The molecule has 24 heavy (non-hydrogen) atoms. The van der Waals surface area contributed by atoms with E-state index in [-0.39, 0.29) is 11.9 Å². The minimum Gasteiger partial charge on any atom is -0.390 e. The molecule has 1 aromatic rings. The molecule has 3 nitrogen and oxygen atoms in total. The first-order valence-corrected chi connectivity index (χ1v) is 9.65. The molecule has 5 aliphatic rings. The highest BCUT2D eigenvalue weighted by Crippen LogP contribution is 2.58. The lowest BCUT2D eigenvalue weighted by molar-refractivity contribution is -0.129. The summed E-state index contributed by atoms with van der Waals surface area (Å²) in [4.78, 5) is 13.8. The van der Waals surface area contributed by atoms with Crippen molar-refractivity contribution < 1.29 is 9.90 Å². The minimum atomic E-state index is -0.554. The molecule has 4 bridgehead atoms. The van der Waals surface area contributed by atoms with Crippen LogP contribution >= 0.6 is 23.4 Å². The van der Waals surface area contributed by atoms with E-state index in [0.29, 0.717) is 16.9 Å². The number of nitrogens with one attached hydrogen (secondary N) is 1. The lowest BCUT2D eigenvalue weighted by atomic mass is 9.49. The van der Waals surface area contributed by atoms with Crippen LogP contribution in [0.4, 0.5) is 0 Å². The molecule has 128 valence electrons. The Morgan fingerprint density at radius 1 is 1.29 bits per heavy atom. The number of rotatable bonds is 4. The summed E-state index contributed by atoms with van der Waals surface area (Å²) in [5.41, 5.74) is 0.936. The van der Waals surface area contributed by atoms with Gasteiger partial charge in [-0.3, -0.25) is 4.79 Å². The number of hydrogen-bond acceptors (Lipinski definition) is 3. The topological polar surface area (TPSA) is 49.3 Å². The predicted molar refractivity (Wildman–Crippen MR) is 97.2 cm³/mol. The molecule has 5 heteroatoms. The van der Waals surface area contributed by atoms with Gasteiger partial charge in [0.2, 0.25) is 5.91 Å². The fourth-order valence-electron chi connectivity index (χ4n) is 4.39. The van der Waals surface area contributed by atoms with Crippen molar-refractivity contribution in [1.29, 1.82) is 0 Å². The molecule has 0 heterocycles. The highest BCUT2D eigenvalue weighted by atomic mass is 35.5. The third-order valence-corrected chi connectivity index (χ3v) is 7.13. The van der Waals surface area contributed by atoms with Crippen LogP contribution in [0, 0.1) is 11.8 Å². The lowest BCUT2D eigenvalue weighted by Crippen LogP contribution is -2.66. The standard InChI is InChI=1S/C19H22ClNO2S/c1-18(2,24-12-5-3-11(20)4-6-12)17(22)21-16-14-9-19(23)8-7-13(14)15(16)10-19/h3-7,14-16,23H,8-10H2,1-2H3,(H,21,22)/t14-,15+,16-,19-. The van der Waals surface area contributed by atoms with E-state index in [1.54, 1.807) is 11.8 Å². The first kappa shape index (κ1) is 16.5. The Balaban J connectivity index is 1.42. The van der Waals surface area contributed by atoms with Crippen LogP contribution in [0.2, 0.25) is 5.02 Å². The zero-order valence-electron chi connectivity index (χ0n) is 13.9. The maximum absolute atomic E-state index is 12.8. The van der Waals surface area contributed by atoms with Gasteiger partial charge in [0.15, 0.2) is 0 Å². The van der Waals surface area contributed by atoms with E-state index >= 15 is 0 Å². The molecule has 1 aromatic carbocycles.